The van der Waals surface area contributed by atoms with Crippen LogP contribution in [0.15, 0.2) is 24.3 Å². The molecule has 0 bridgehead atoms. The normalized spacial score (nSPS) is 19.7. The summed E-state index contributed by atoms with van der Waals surface area (Å²) < 4.78 is 18.7. The Kier molecular flexibility index (Phi) is 5.49. The number of carbonyl (C=O) groups is 2. The monoisotopic (exact) mass is 309 g/mol. The molecule has 120 valence electrons. The van der Waals surface area contributed by atoms with E-state index in [1.165, 1.54) is 11.0 Å². The van der Waals surface area contributed by atoms with Crippen LogP contribution in [0.4, 0.5) is 4.39 Å². The molecule has 6 heteroatoms. The van der Waals surface area contributed by atoms with Crippen molar-refractivity contribution in [2.24, 2.45) is 5.92 Å². The molecule has 22 heavy (non-hydrogen) atoms. The number of hydrogen-bond donors (Lipinski definition) is 1. The zero-order chi connectivity index (χ0) is 16.1. The van der Waals surface area contributed by atoms with E-state index in [-0.39, 0.29) is 30.8 Å². The predicted molar refractivity (Wildman–Crippen MR) is 77.8 cm³/mol. The maximum atomic E-state index is 13.6. The number of benzene rings is 1. The van der Waals surface area contributed by atoms with Crippen LogP contribution in [0.3, 0.4) is 0 Å². The molecule has 0 spiro atoms. The van der Waals surface area contributed by atoms with Gasteiger partial charge in [0.05, 0.1) is 13.2 Å². The standard InChI is InChI=1S/C16H20FNO4/c1-11(6-7-12-4-2-3-5-13(12)17)15(19)18-8-9-22-10-14(18)16(20)21/h2-5,11,14H,6-10H2,1H3,(H,20,21)/t11-,14+/m0/s1. The first-order chi connectivity index (χ1) is 10.5. The fourth-order valence-electron chi connectivity index (χ4n) is 2.55. The van der Waals surface area contributed by atoms with E-state index in [4.69, 9.17) is 9.84 Å². The number of nitrogens with zero attached hydrogens (tertiary/aromatic N) is 1. The second kappa shape index (κ2) is 7.35. The third-order valence-electron chi connectivity index (χ3n) is 3.92. The molecule has 1 amide bonds. The molecule has 0 saturated carbocycles. The fourth-order valence-corrected chi connectivity index (χ4v) is 2.55. The maximum absolute atomic E-state index is 13.6. The molecule has 2 rings (SSSR count). The minimum atomic E-state index is -1.06. The summed E-state index contributed by atoms with van der Waals surface area (Å²) in [5.74, 6) is -1.92. The van der Waals surface area contributed by atoms with E-state index < -0.39 is 12.0 Å². The van der Waals surface area contributed by atoms with Crippen molar-refractivity contribution in [2.45, 2.75) is 25.8 Å². The number of ether oxygens (including phenoxy) is 1. The van der Waals surface area contributed by atoms with E-state index in [1.807, 2.05) is 0 Å². The molecule has 0 aliphatic carbocycles. The number of carbonyl (C=O) groups excluding carboxylic acids is 1. The predicted octanol–water partition coefficient (Wildman–Crippen LogP) is 1.71. The first-order valence-corrected chi connectivity index (χ1v) is 7.35. The molecule has 0 unspecified atom stereocenters. The number of halogens is 1. The van der Waals surface area contributed by atoms with E-state index in [0.717, 1.165) is 0 Å². The number of carboxylic acids is 1. The van der Waals surface area contributed by atoms with Gasteiger partial charge < -0.3 is 14.7 Å². The highest BCUT2D eigenvalue weighted by molar-refractivity contribution is 5.85. The molecule has 1 fully saturated rings. The van der Waals surface area contributed by atoms with Crippen LogP contribution in [0, 0.1) is 11.7 Å². The Bertz CT molecular complexity index is 549. The Balaban J connectivity index is 1.96. The first-order valence-electron chi connectivity index (χ1n) is 7.35. The smallest absolute Gasteiger partial charge is 0.328 e. The molecule has 1 aliphatic heterocycles. The average molecular weight is 309 g/mol. The van der Waals surface area contributed by atoms with Gasteiger partial charge in [0, 0.05) is 12.5 Å². The van der Waals surface area contributed by atoms with E-state index >= 15 is 0 Å². The molecule has 0 aromatic heterocycles. The van der Waals surface area contributed by atoms with Crippen molar-refractivity contribution in [3.8, 4) is 0 Å². The zero-order valence-electron chi connectivity index (χ0n) is 12.5. The van der Waals surface area contributed by atoms with Gasteiger partial charge in [-0.05, 0) is 24.5 Å². The number of hydrogen-bond acceptors (Lipinski definition) is 3. The number of aliphatic carboxylic acids is 1. The maximum Gasteiger partial charge on any atom is 0.328 e. The van der Waals surface area contributed by atoms with Crippen molar-refractivity contribution in [3.05, 3.63) is 35.6 Å². The highest BCUT2D eigenvalue weighted by Crippen LogP contribution is 2.18. The van der Waals surface area contributed by atoms with Gasteiger partial charge in [-0.2, -0.15) is 0 Å². The van der Waals surface area contributed by atoms with Crippen LogP contribution in [-0.2, 0) is 20.7 Å². The molecule has 1 aromatic carbocycles. The van der Waals surface area contributed by atoms with E-state index in [0.29, 0.717) is 25.0 Å². The lowest BCUT2D eigenvalue weighted by atomic mass is 9.98. The minimum absolute atomic E-state index is 0.0150. The molecular formula is C16H20FNO4. The van der Waals surface area contributed by atoms with Crippen molar-refractivity contribution in [2.75, 3.05) is 19.8 Å². The van der Waals surface area contributed by atoms with Crippen LogP contribution in [0.25, 0.3) is 0 Å². The minimum Gasteiger partial charge on any atom is -0.480 e. The Labute approximate surface area is 128 Å². The van der Waals surface area contributed by atoms with E-state index in [1.54, 1.807) is 25.1 Å². The van der Waals surface area contributed by atoms with Gasteiger partial charge in [-0.3, -0.25) is 4.79 Å². The number of amides is 1. The van der Waals surface area contributed by atoms with Crippen molar-refractivity contribution in [3.63, 3.8) is 0 Å². The van der Waals surface area contributed by atoms with Crippen LogP contribution < -0.4 is 0 Å². The van der Waals surface area contributed by atoms with Crippen molar-refractivity contribution in [1.29, 1.82) is 0 Å². The Morgan fingerprint density at radius 1 is 1.45 bits per heavy atom. The summed E-state index contributed by atoms with van der Waals surface area (Å²) in [4.78, 5) is 25.0. The molecular weight excluding hydrogens is 289 g/mol. The molecule has 0 radical (unpaired) electrons. The molecule has 1 aliphatic rings. The van der Waals surface area contributed by atoms with Gasteiger partial charge in [0.1, 0.15) is 5.82 Å². The quantitative estimate of drug-likeness (QED) is 0.899. The van der Waals surface area contributed by atoms with E-state index in [9.17, 15) is 14.0 Å². The molecule has 2 atom stereocenters. The third-order valence-corrected chi connectivity index (χ3v) is 3.92. The van der Waals surface area contributed by atoms with Crippen LogP contribution >= 0.6 is 0 Å². The number of carboxylic acid groups (broad SMARTS) is 1. The third kappa shape index (κ3) is 3.82. The Morgan fingerprint density at radius 3 is 2.86 bits per heavy atom. The van der Waals surface area contributed by atoms with Gasteiger partial charge in [0.15, 0.2) is 6.04 Å². The van der Waals surface area contributed by atoms with Crippen LogP contribution in [0.5, 0.6) is 0 Å². The highest BCUT2D eigenvalue weighted by Gasteiger charge is 2.34. The highest BCUT2D eigenvalue weighted by atomic mass is 19.1. The topological polar surface area (TPSA) is 66.8 Å². The summed E-state index contributed by atoms with van der Waals surface area (Å²) in [6.07, 6.45) is 0.922. The zero-order valence-corrected chi connectivity index (χ0v) is 12.5. The van der Waals surface area contributed by atoms with Gasteiger partial charge in [0.25, 0.3) is 0 Å². The molecule has 1 N–H and O–H groups in total. The van der Waals surface area contributed by atoms with Crippen LogP contribution in [0.2, 0.25) is 0 Å². The first kappa shape index (κ1) is 16.4. The van der Waals surface area contributed by atoms with E-state index in [2.05, 4.69) is 0 Å². The van der Waals surface area contributed by atoms with Crippen LogP contribution in [-0.4, -0.2) is 47.7 Å². The van der Waals surface area contributed by atoms with Crippen molar-refractivity contribution in [1.82, 2.24) is 4.90 Å². The van der Waals surface area contributed by atoms with Gasteiger partial charge in [-0.15, -0.1) is 0 Å². The Hall–Kier alpha value is -1.95. The largest absolute Gasteiger partial charge is 0.480 e. The van der Waals surface area contributed by atoms with Gasteiger partial charge in [0.2, 0.25) is 5.91 Å². The van der Waals surface area contributed by atoms with Crippen molar-refractivity contribution < 1.29 is 23.8 Å². The molecule has 1 saturated heterocycles. The van der Waals surface area contributed by atoms with Gasteiger partial charge >= 0.3 is 5.97 Å². The lowest BCUT2D eigenvalue weighted by Crippen LogP contribution is -2.54. The SMILES string of the molecule is C[C@@H](CCc1ccccc1F)C(=O)N1CCOC[C@@H]1C(=O)O. The molecule has 5 nitrogen and oxygen atoms in total. The molecule has 1 aromatic rings. The van der Waals surface area contributed by atoms with Crippen molar-refractivity contribution >= 4 is 11.9 Å². The fraction of sp³-hybridized carbons (Fsp3) is 0.500. The summed E-state index contributed by atoms with van der Waals surface area (Å²) >= 11 is 0. The number of rotatable bonds is 5. The summed E-state index contributed by atoms with van der Waals surface area (Å²) in [5, 5.41) is 9.16. The number of aryl methyl sites for hydroxylation is 1. The average Bonchev–Trinajstić information content (AvgIpc) is 2.53. The summed E-state index contributed by atoms with van der Waals surface area (Å²) in [6.45, 7) is 2.38. The second-order valence-corrected chi connectivity index (χ2v) is 5.49. The van der Waals surface area contributed by atoms with Crippen LogP contribution in [0.1, 0.15) is 18.9 Å². The Morgan fingerprint density at radius 2 is 2.18 bits per heavy atom. The molecule has 1 heterocycles. The summed E-state index contributed by atoms with van der Waals surface area (Å²) in [7, 11) is 0. The second-order valence-electron chi connectivity index (χ2n) is 5.49. The summed E-state index contributed by atoms with van der Waals surface area (Å²) in [6, 6.07) is 5.54. The lowest BCUT2D eigenvalue weighted by Gasteiger charge is -2.34. The number of morpholine rings is 1. The summed E-state index contributed by atoms with van der Waals surface area (Å²) in [5.41, 5.74) is 0.568. The van der Waals surface area contributed by atoms with Gasteiger partial charge in [-0.25, -0.2) is 9.18 Å². The van der Waals surface area contributed by atoms with Gasteiger partial charge in [-0.1, -0.05) is 25.1 Å². The lowest BCUT2D eigenvalue weighted by molar-refractivity contribution is -0.160.